The normalized spacial score (nSPS) is 18.5. The molecule has 4 nitrogen and oxygen atoms in total. The highest BCUT2D eigenvalue weighted by molar-refractivity contribution is 7.26. The molecule has 4 rings (SSSR count). The van der Waals surface area contributed by atoms with Crippen molar-refractivity contribution in [1.29, 1.82) is 0 Å². The number of fused-ring (bicyclic) bond motifs is 1. The van der Waals surface area contributed by atoms with E-state index in [-0.39, 0.29) is 11.9 Å². The first-order chi connectivity index (χ1) is 11.2. The van der Waals surface area contributed by atoms with Crippen LogP contribution in [0.1, 0.15) is 16.6 Å². The molecule has 3 aromatic rings. The molecule has 1 N–H and O–H groups in total. The first-order valence-electron chi connectivity index (χ1n) is 7.70. The molecule has 2 aromatic heterocycles. The Hall–Kier alpha value is -1.76. The van der Waals surface area contributed by atoms with Crippen molar-refractivity contribution in [2.45, 2.75) is 13.0 Å². The van der Waals surface area contributed by atoms with Crippen molar-refractivity contribution in [2.75, 3.05) is 19.6 Å². The lowest BCUT2D eigenvalue weighted by Gasteiger charge is -2.33. The molecule has 0 saturated carbocycles. The van der Waals surface area contributed by atoms with E-state index in [0.717, 1.165) is 39.9 Å². The minimum atomic E-state index is 0.136. The number of hydrogen-bond donors (Lipinski definition) is 1. The number of rotatable bonds is 2. The smallest absolute Gasteiger partial charge is 0.264 e. The summed E-state index contributed by atoms with van der Waals surface area (Å²) >= 11 is 3.22. The second-order valence-electron chi connectivity index (χ2n) is 5.70. The molecule has 118 valence electrons. The van der Waals surface area contributed by atoms with Crippen LogP contribution >= 0.6 is 22.7 Å². The van der Waals surface area contributed by atoms with Gasteiger partial charge >= 0.3 is 0 Å². The van der Waals surface area contributed by atoms with Gasteiger partial charge in [-0.25, -0.2) is 4.98 Å². The van der Waals surface area contributed by atoms with E-state index in [4.69, 9.17) is 0 Å². The molecule has 1 fully saturated rings. The number of para-hydroxylation sites is 1. The Bertz CT molecular complexity index is 821. The monoisotopic (exact) mass is 343 g/mol. The lowest BCUT2D eigenvalue weighted by Crippen LogP contribution is -2.52. The fourth-order valence-electron chi connectivity index (χ4n) is 2.83. The van der Waals surface area contributed by atoms with Gasteiger partial charge in [-0.15, -0.1) is 22.7 Å². The van der Waals surface area contributed by atoms with Crippen LogP contribution in [0.4, 0.5) is 0 Å². The van der Waals surface area contributed by atoms with Crippen LogP contribution < -0.4 is 5.32 Å². The van der Waals surface area contributed by atoms with Crippen molar-refractivity contribution in [3.63, 3.8) is 0 Å². The average molecular weight is 343 g/mol. The van der Waals surface area contributed by atoms with Crippen molar-refractivity contribution in [2.24, 2.45) is 0 Å². The maximum Gasteiger partial charge on any atom is 0.264 e. The van der Waals surface area contributed by atoms with Crippen LogP contribution in [-0.4, -0.2) is 41.5 Å². The van der Waals surface area contributed by atoms with Crippen molar-refractivity contribution in [3.05, 3.63) is 41.3 Å². The van der Waals surface area contributed by atoms with Gasteiger partial charge in [-0.3, -0.25) is 4.79 Å². The van der Waals surface area contributed by atoms with Gasteiger partial charge in [0.25, 0.3) is 5.91 Å². The molecule has 0 aliphatic carbocycles. The summed E-state index contributed by atoms with van der Waals surface area (Å²) < 4.78 is 1.18. The number of hydrogen-bond acceptors (Lipinski definition) is 5. The Morgan fingerprint density at radius 2 is 2.13 bits per heavy atom. The number of aromatic nitrogens is 1. The zero-order chi connectivity index (χ0) is 15.8. The number of nitrogens with zero attached hydrogens (tertiary/aromatic N) is 2. The molecule has 6 heteroatoms. The van der Waals surface area contributed by atoms with Gasteiger partial charge in [0.15, 0.2) is 0 Å². The Labute approximate surface area is 142 Å². The summed E-state index contributed by atoms with van der Waals surface area (Å²) in [6.07, 6.45) is 0. The van der Waals surface area contributed by atoms with Crippen LogP contribution in [0.15, 0.2) is 36.4 Å². The minimum absolute atomic E-state index is 0.136. The van der Waals surface area contributed by atoms with E-state index in [1.54, 1.807) is 22.7 Å². The van der Waals surface area contributed by atoms with Crippen LogP contribution in [0.2, 0.25) is 0 Å². The molecule has 23 heavy (non-hydrogen) atoms. The van der Waals surface area contributed by atoms with Gasteiger partial charge in [-0.1, -0.05) is 12.1 Å². The quantitative estimate of drug-likeness (QED) is 0.775. The lowest BCUT2D eigenvalue weighted by atomic mass is 10.2. The maximum absolute atomic E-state index is 12.7. The van der Waals surface area contributed by atoms with E-state index in [1.807, 2.05) is 35.2 Å². The van der Waals surface area contributed by atoms with Crippen LogP contribution in [0.3, 0.4) is 0 Å². The summed E-state index contributed by atoms with van der Waals surface area (Å²) in [6.45, 7) is 4.59. The molecular formula is C17H17N3OS2. The van der Waals surface area contributed by atoms with Crippen molar-refractivity contribution in [1.82, 2.24) is 15.2 Å². The van der Waals surface area contributed by atoms with E-state index < -0.39 is 0 Å². The molecule has 1 amide bonds. The fraction of sp³-hybridized carbons (Fsp3) is 0.294. The number of thiophene rings is 1. The van der Waals surface area contributed by atoms with Crippen molar-refractivity contribution < 1.29 is 4.79 Å². The van der Waals surface area contributed by atoms with Gasteiger partial charge in [0, 0.05) is 25.7 Å². The van der Waals surface area contributed by atoms with Gasteiger partial charge in [-0.05, 0) is 31.2 Å². The van der Waals surface area contributed by atoms with Gasteiger partial charge in [0.2, 0.25) is 0 Å². The Balaban J connectivity index is 1.62. The highest BCUT2D eigenvalue weighted by Crippen LogP contribution is 2.34. The second-order valence-corrected chi connectivity index (χ2v) is 7.82. The van der Waals surface area contributed by atoms with E-state index in [0.29, 0.717) is 0 Å². The number of thiazole rings is 1. The molecule has 1 aromatic carbocycles. The molecule has 1 aliphatic heterocycles. The van der Waals surface area contributed by atoms with E-state index in [9.17, 15) is 4.79 Å². The Morgan fingerprint density at radius 3 is 2.96 bits per heavy atom. The molecular weight excluding hydrogens is 326 g/mol. The summed E-state index contributed by atoms with van der Waals surface area (Å²) in [4.78, 5) is 21.2. The van der Waals surface area contributed by atoms with Crippen LogP contribution in [0.25, 0.3) is 20.1 Å². The van der Waals surface area contributed by atoms with Gasteiger partial charge < -0.3 is 10.2 Å². The first kappa shape index (κ1) is 14.8. The van der Waals surface area contributed by atoms with E-state index >= 15 is 0 Å². The van der Waals surface area contributed by atoms with Crippen LogP contribution in [0.5, 0.6) is 0 Å². The van der Waals surface area contributed by atoms with Crippen LogP contribution in [-0.2, 0) is 0 Å². The SMILES string of the molecule is C[C@H]1CNCCN1C(=O)c1ccc(-c2nc3ccccc3s2)s1. The zero-order valence-electron chi connectivity index (χ0n) is 12.8. The van der Waals surface area contributed by atoms with Gasteiger partial charge in [-0.2, -0.15) is 0 Å². The minimum Gasteiger partial charge on any atom is -0.333 e. The molecule has 0 bridgehead atoms. The summed E-state index contributed by atoms with van der Waals surface area (Å²) in [7, 11) is 0. The molecule has 0 spiro atoms. The molecule has 3 heterocycles. The molecule has 0 unspecified atom stereocenters. The Kier molecular flexibility index (Phi) is 3.88. The predicted molar refractivity (Wildman–Crippen MR) is 96.3 cm³/mol. The summed E-state index contributed by atoms with van der Waals surface area (Å²) in [5.74, 6) is 0.136. The lowest BCUT2D eigenvalue weighted by molar-refractivity contribution is 0.0661. The molecule has 1 atom stereocenters. The number of carbonyl (C=O) groups is 1. The van der Waals surface area contributed by atoms with Gasteiger partial charge in [0.1, 0.15) is 5.01 Å². The largest absolute Gasteiger partial charge is 0.333 e. The highest BCUT2D eigenvalue weighted by atomic mass is 32.1. The summed E-state index contributed by atoms with van der Waals surface area (Å²) in [6, 6.07) is 12.3. The molecule has 0 radical (unpaired) electrons. The fourth-order valence-corrected chi connectivity index (χ4v) is 4.81. The van der Waals surface area contributed by atoms with Crippen LogP contribution in [0, 0.1) is 0 Å². The van der Waals surface area contributed by atoms with Gasteiger partial charge in [0.05, 0.1) is 20.0 Å². The van der Waals surface area contributed by atoms with E-state index in [1.165, 1.54) is 4.70 Å². The molecule has 1 aliphatic rings. The zero-order valence-corrected chi connectivity index (χ0v) is 14.4. The number of piperazine rings is 1. The average Bonchev–Trinajstić information content (AvgIpc) is 3.21. The summed E-state index contributed by atoms with van der Waals surface area (Å²) in [5, 5.41) is 4.31. The third-order valence-electron chi connectivity index (χ3n) is 4.08. The third kappa shape index (κ3) is 2.78. The molecule has 1 saturated heterocycles. The number of carbonyl (C=O) groups excluding carboxylic acids is 1. The standard InChI is InChI=1S/C17H17N3OS2/c1-11-10-18-8-9-20(11)17(21)15-7-6-14(22-15)16-19-12-4-2-3-5-13(12)23-16/h2-7,11,18H,8-10H2,1H3/t11-/m0/s1. The third-order valence-corrected chi connectivity index (χ3v) is 6.36. The Morgan fingerprint density at radius 1 is 1.26 bits per heavy atom. The van der Waals surface area contributed by atoms with Crippen molar-refractivity contribution in [3.8, 4) is 9.88 Å². The van der Waals surface area contributed by atoms with Crippen molar-refractivity contribution >= 4 is 38.8 Å². The maximum atomic E-state index is 12.7. The number of amides is 1. The predicted octanol–water partition coefficient (Wildman–Crippen LogP) is 3.46. The highest BCUT2D eigenvalue weighted by Gasteiger charge is 2.25. The topological polar surface area (TPSA) is 45.2 Å². The number of benzene rings is 1. The van der Waals surface area contributed by atoms with E-state index in [2.05, 4.69) is 23.3 Å². The first-order valence-corrected chi connectivity index (χ1v) is 9.33. The summed E-state index contributed by atoms with van der Waals surface area (Å²) in [5.41, 5.74) is 1.02. The number of nitrogens with one attached hydrogen (secondary N) is 1. The second kappa shape index (κ2) is 6.03.